The standard InChI is InChI=1S/C13H16ClNO4/c14-12-10(6-8-19-12)13(18)15-7-2-1-3-9(15)4-5-11(16)17/h6,8-9H,1-5,7H2,(H,16,17). The van der Waals surface area contributed by atoms with Crippen molar-refractivity contribution in [1.29, 1.82) is 0 Å². The van der Waals surface area contributed by atoms with E-state index in [2.05, 4.69) is 0 Å². The number of rotatable bonds is 4. The number of amides is 1. The van der Waals surface area contributed by atoms with Crippen LogP contribution in [0.3, 0.4) is 0 Å². The Morgan fingerprint density at radius 3 is 2.89 bits per heavy atom. The first kappa shape index (κ1) is 13.9. The van der Waals surface area contributed by atoms with Crippen molar-refractivity contribution in [2.24, 2.45) is 0 Å². The third-order valence-electron chi connectivity index (χ3n) is 3.43. The molecule has 0 bridgehead atoms. The van der Waals surface area contributed by atoms with Crippen LogP contribution in [-0.2, 0) is 4.79 Å². The number of furan rings is 1. The first-order chi connectivity index (χ1) is 9.09. The largest absolute Gasteiger partial charge is 0.481 e. The lowest BCUT2D eigenvalue weighted by atomic mass is 9.97. The molecule has 0 radical (unpaired) electrons. The van der Waals surface area contributed by atoms with Gasteiger partial charge in [0.2, 0.25) is 5.22 Å². The molecule has 2 rings (SSSR count). The number of carbonyl (C=O) groups excluding carboxylic acids is 1. The molecular formula is C13H16ClNO4. The van der Waals surface area contributed by atoms with Crippen molar-refractivity contribution < 1.29 is 19.1 Å². The van der Waals surface area contributed by atoms with Crippen LogP contribution >= 0.6 is 11.6 Å². The average molecular weight is 286 g/mol. The maximum atomic E-state index is 12.4. The molecule has 19 heavy (non-hydrogen) atoms. The third-order valence-corrected chi connectivity index (χ3v) is 3.72. The zero-order chi connectivity index (χ0) is 13.8. The molecule has 5 nitrogen and oxygen atoms in total. The predicted molar refractivity (Wildman–Crippen MR) is 69.3 cm³/mol. The van der Waals surface area contributed by atoms with Crippen LogP contribution in [0.25, 0.3) is 0 Å². The van der Waals surface area contributed by atoms with Crippen LogP contribution < -0.4 is 0 Å². The average Bonchev–Trinajstić information content (AvgIpc) is 2.82. The summed E-state index contributed by atoms with van der Waals surface area (Å²) >= 11 is 5.82. The zero-order valence-corrected chi connectivity index (χ0v) is 11.2. The summed E-state index contributed by atoms with van der Waals surface area (Å²) in [5, 5.41) is 8.85. The SMILES string of the molecule is O=C(O)CCC1CCCCN1C(=O)c1ccoc1Cl. The van der Waals surface area contributed by atoms with Crippen LogP contribution in [0.15, 0.2) is 16.7 Å². The van der Waals surface area contributed by atoms with Crippen molar-refractivity contribution in [2.45, 2.75) is 38.1 Å². The molecule has 2 heterocycles. The van der Waals surface area contributed by atoms with Crippen LogP contribution in [0.5, 0.6) is 0 Å². The van der Waals surface area contributed by atoms with Gasteiger partial charge >= 0.3 is 5.97 Å². The van der Waals surface area contributed by atoms with E-state index in [0.29, 0.717) is 18.5 Å². The predicted octanol–water partition coefficient (Wildman–Crippen LogP) is 2.79. The lowest BCUT2D eigenvalue weighted by Crippen LogP contribution is -2.43. The number of carboxylic acids is 1. The van der Waals surface area contributed by atoms with Crippen molar-refractivity contribution in [1.82, 2.24) is 4.90 Å². The van der Waals surface area contributed by atoms with Gasteiger partial charge in [-0.15, -0.1) is 0 Å². The maximum absolute atomic E-state index is 12.4. The highest BCUT2D eigenvalue weighted by Crippen LogP contribution is 2.26. The smallest absolute Gasteiger partial charge is 0.303 e. The molecule has 1 atom stereocenters. The molecule has 6 heteroatoms. The van der Waals surface area contributed by atoms with Gasteiger partial charge in [0.05, 0.1) is 11.8 Å². The van der Waals surface area contributed by atoms with Crippen molar-refractivity contribution in [2.75, 3.05) is 6.54 Å². The molecule has 0 aromatic carbocycles. The van der Waals surface area contributed by atoms with Crippen molar-refractivity contribution in [3.8, 4) is 0 Å². The quantitative estimate of drug-likeness (QED) is 0.923. The molecule has 1 aliphatic heterocycles. The molecule has 0 saturated carbocycles. The van der Waals surface area contributed by atoms with Gasteiger partial charge in [-0.3, -0.25) is 9.59 Å². The van der Waals surface area contributed by atoms with Crippen molar-refractivity contribution in [3.05, 3.63) is 23.1 Å². The Kier molecular flexibility index (Phi) is 4.47. The number of halogens is 1. The van der Waals surface area contributed by atoms with E-state index >= 15 is 0 Å². The maximum Gasteiger partial charge on any atom is 0.303 e. The normalized spacial score (nSPS) is 19.4. The summed E-state index contributed by atoms with van der Waals surface area (Å²) in [6.07, 6.45) is 4.74. The number of nitrogens with zero attached hydrogens (tertiary/aromatic N) is 1. The van der Waals surface area contributed by atoms with Gasteiger partial charge in [-0.25, -0.2) is 0 Å². The minimum Gasteiger partial charge on any atom is -0.481 e. The molecule has 0 aliphatic carbocycles. The number of carboxylic acid groups (broad SMARTS) is 1. The van der Waals surface area contributed by atoms with Crippen molar-refractivity contribution >= 4 is 23.5 Å². The second kappa shape index (κ2) is 6.10. The highest BCUT2D eigenvalue weighted by atomic mass is 35.5. The number of hydrogen-bond acceptors (Lipinski definition) is 3. The van der Waals surface area contributed by atoms with Crippen LogP contribution in [0.2, 0.25) is 5.22 Å². The second-order valence-electron chi connectivity index (χ2n) is 4.69. The lowest BCUT2D eigenvalue weighted by molar-refractivity contribution is -0.137. The summed E-state index contributed by atoms with van der Waals surface area (Å²) in [5.74, 6) is -1.01. The molecule has 1 aromatic heterocycles. The van der Waals surface area contributed by atoms with E-state index < -0.39 is 5.97 Å². The fourth-order valence-corrected chi connectivity index (χ4v) is 2.65. The number of carbonyl (C=O) groups is 2. The van der Waals surface area contributed by atoms with E-state index in [-0.39, 0.29) is 23.6 Å². The minimum absolute atomic E-state index is 0.0247. The Labute approximate surface area is 116 Å². The van der Waals surface area contributed by atoms with E-state index in [9.17, 15) is 9.59 Å². The molecule has 1 saturated heterocycles. The van der Waals surface area contributed by atoms with Gasteiger partial charge in [-0.2, -0.15) is 0 Å². The van der Waals surface area contributed by atoms with E-state index in [4.69, 9.17) is 21.1 Å². The first-order valence-electron chi connectivity index (χ1n) is 6.35. The Bertz CT molecular complexity index is 471. The van der Waals surface area contributed by atoms with E-state index in [0.717, 1.165) is 19.3 Å². The molecule has 1 unspecified atom stereocenters. The molecule has 104 valence electrons. The van der Waals surface area contributed by atoms with Crippen LogP contribution in [0.4, 0.5) is 0 Å². The first-order valence-corrected chi connectivity index (χ1v) is 6.73. The van der Waals surface area contributed by atoms with Gasteiger partial charge in [-0.1, -0.05) is 0 Å². The summed E-state index contributed by atoms with van der Waals surface area (Å²) in [4.78, 5) is 24.8. The number of hydrogen-bond donors (Lipinski definition) is 1. The topological polar surface area (TPSA) is 70.8 Å². The molecule has 1 N–H and O–H groups in total. The highest BCUT2D eigenvalue weighted by molar-refractivity contribution is 6.32. The van der Waals surface area contributed by atoms with Gasteiger partial charge in [0.15, 0.2) is 0 Å². The number of aliphatic carboxylic acids is 1. The summed E-state index contributed by atoms with van der Waals surface area (Å²) < 4.78 is 4.93. The van der Waals surface area contributed by atoms with Crippen molar-refractivity contribution in [3.63, 3.8) is 0 Å². The van der Waals surface area contributed by atoms with Gasteiger partial charge in [0.1, 0.15) is 0 Å². The van der Waals surface area contributed by atoms with Gasteiger partial charge < -0.3 is 14.4 Å². The van der Waals surface area contributed by atoms with E-state index in [1.165, 1.54) is 6.26 Å². The molecule has 1 aromatic rings. The highest BCUT2D eigenvalue weighted by Gasteiger charge is 2.29. The van der Waals surface area contributed by atoms with Gasteiger partial charge in [0.25, 0.3) is 5.91 Å². The summed E-state index contributed by atoms with van der Waals surface area (Å²) in [6.45, 7) is 0.643. The zero-order valence-electron chi connectivity index (χ0n) is 10.5. The fraction of sp³-hybridized carbons (Fsp3) is 0.538. The van der Waals surface area contributed by atoms with E-state index in [1.54, 1.807) is 11.0 Å². The monoisotopic (exact) mass is 285 g/mol. The molecule has 0 spiro atoms. The van der Waals surface area contributed by atoms with Crippen LogP contribution in [-0.4, -0.2) is 34.5 Å². The summed E-state index contributed by atoms with van der Waals surface area (Å²) in [7, 11) is 0. The Hall–Kier alpha value is -1.49. The second-order valence-corrected chi connectivity index (χ2v) is 5.03. The van der Waals surface area contributed by atoms with Crippen LogP contribution in [0.1, 0.15) is 42.5 Å². The molecule has 1 fully saturated rings. The third kappa shape index (κ3) is 3.29. The minimum atomic E-state index is -0.834. The Morgan fingerprint density at radius 2 is 2.26 bits per heavy atom. The Morgan fingerprint density at radius 1 is 1.47 bits per heavy atom. The fourth-order valence-electron chi connectivity index (χ4n) is 2.46. The number of piperidine rings is 1. The number of likely N-dealkylation sites (tertiary alicyclic amines) is 1. The molecule has 1 amide bonds. The molecular weight excluding hydrogens is 270 g/mol. The van der Waals surface area contributed by atoms with E-state index in [1.807, 2.05) is 0 Å². The summed E-state index contributed by atoms with van der Waals surface area (Å²) in [5.41, 5.74) is 0.351. The van der Waals surface area contributed by atoms with Crippen LogP contribution in [0, 0.1) is 0 Å². The van der Waals surface area contributed by atoms with Gasteiger partial charge in [0, 0.05) is 19.0 Å². The molecule has 1 aliphatic rings. The van der Waals surface area contributed by atoms with Gasteiger partial charge in [-0.05, 0) is 43.4 Å². The lowest BCUT2D eigenvalue weighted by Gasteiger charge is -2.35. The Balaban J connectivity index is 2.08. The summed E-state index contributed by atoms with van der Waals surface area (Å²) in [6, 6.07) is 1.52.